The van der Waals surface area contributed by atoms with Crippen LogP contribution < -0.4 is 12.4 Å². The molecule has 5 nitrogen and oxygen atoms in total. The number of hydrogen-bond donors (Lipinski definition) is 1. The Bertz CT molecular complexity index is 677. The minimum absolute atomic E-state index is 0. The monoisotopic (exact) mass is 338 g/mol. The summed E-state index contributed by atoms with van der Waals surface area (Å²) in [6, 6.07) is 4.81. The summed E-state index contributed by atoms with van der Waals surface area (Å²) in [7, 11) is 0. The minimum Gasteiger partial charge on any atom is -1.00 e. The number of nitrogens with zero attached hydrogens (tertiary/aromatic N) is 1. The van der Waals surface area contributed by atoms with E-state index in [0.29, 0.717) is 35.4 Å². The van der Waals surface area contributed by atoms with Gasteiger partial charge in [0, 0.05) is 5.39 Å². The molecular weight excluding hydrogens is 318 g/mol. The van der Waals surface area contributed by atoms with Crippen LogP contribution in [-0.4, -0.2) is 35.7 Å². The number of carbonyl (C=O) groups is 1. The highest BCUT2D eigenvalue weighted by Crippen LogP contribution is 2.31. The lowest BCUT2D eigenvalue weighted by Crippen LogP contribution is -3.00. The molecular formula is C17H21ClNO4-. The molecule has 0 atom stereocenters. The second-order valence-corrected chi connectivity index (χ2v) is 5.64. The summed E-state index contributed by atoms with van der Waals surface area (Å²) in [4.78, 5) is 14.6. The lowest BCUT2D eigenvalue weighted by molar-refractivity contribution is -0.0000250. The fraction of sp³-hybridized carbons (Fsp3) is 0.471. The molecule has 126 valence electrons. The first kappa shape index (κ1) is 17.6. The average Bonchev–Trinajstić information content (AvgIpc) is 2.85. The number of benzene rings is 1. The van der Waals surface area contributed by atoms with E-state index in [0.717, 1.165) is 13.1 Å². The molecule has 1 aliphatic rings. The van der Waals surface area contributed by atoms with E-state index in [4.69, 9.17) is 9.15 Å². The largest absolute Gasteiger partial charge is 1.00 e. The van der Waals surface area contributed by atoms with Crippen molar-refractivity contribution in [2.75, 3.05) is 19.7 Å². The maximum absolute atomic E-state index is 12.3. The third kappa shape index (κ3) is 3.79. The number of likely N-dealkylation sites (tertiary alicyclic amines) is 1. The SMILES string of the molecule is CCOC(=O)c1c(CN2CCCCC2)oc2ccc(O)cc12.[Cl-]. The van der Waals surface area contributed by atoms with Crippen LogP contribution in [0.4, 0.5) is 0 Å². The summed E-state index contributed by atoms with van der Waals surface area (Å²) < 4.78 is 11.0. The number of rotatable bonds is 4. The molecule has 1 N–H and O–H groups in total. The van der Waals surface area contributed by atoms with Crippen molar-refractivity contribution in [1.82, 2.24) is 4.90 Å². The zero-order chi connectivity index (χ0) is 15.5. The van der Waals surface area contributed by atoms with E-state index in [1.165, 1.54) is 19.3 Å². The van der Waals surface area contributed by atoms with Crippen LogP contribution in [0.25, 0.3) is 11.0 Å². The van der Waals surface area contributed by atoms with Gasteiger partial charge in [-0.3, -0.25) is 4.90 Å². The smallest absolute Gasteiger partial charge is 0.342 e. The number of hydrogen-bond acceptors (Lipinski definition) is 5. The Balaban J connectivity index is 0.00000192. The van der Waals surface area contributed by atoms with Gasteiger partial charge in [-0.1, -0.05) is 6.42 Å². The van der Waals surface area contributed by atoms with Crippen LogP contribution in [0.5, 0.6) is 5.75 Å². The Morgan fingerprint density at radius 3 is 2.74 bits per heavy atom. The van der Waals surface area contributed by atoms with Gasteiger partial charge in [0.2, 0.25) is 0 Å². The number of phenolic OH excluding ortho intramolecular Hbond substituents is 1. The molecule has 0 spiro atoms. The molecule has 1 saturated heterocycles. The molecule has 0 aliphatic carbocycles. The summed E-state index contributed by atoms with van der Waals surface area (Å²) in [6.07, 6.45) is 3.61. The molecule has 1 aromatic heterocycles. The van der Waals surface area contributed by atoms with E-state index in [1.54, 1.807) is 25.1 Å². The van der Waals surface area contributed by atoms with Crippen LogP contribution in [0, 0.1) is 0 Å². The normalized spacial score (nSPS) is 15.3. The molecule has 1 fully saturated rings. The fourth-order valence-electron chi connectivity index (χ4n) is 3.00. The average molecular weight is 339 g/mol. The summed E-state index contributed by atoms with van der Waals surface area (Å²) in [5.41, 5.74) is 1.05. The van der Waals surface area contributed by atoms with Gasteiger partial charge in [-0.15, -0.1) is 0 Å². The van der Waals surface area contributed by atoms with Gasteiger partial charge in [0.1, 0.15) is 22.7 Å². The first-order valence-electron chi connectivity index (χ1n) is 7.83. The van der Waals surface area contributed by atoms with E-state index < -0.39 is 0 Å². The van der Waals surface area contributed by atoms with Crippen molar-refractivity contribution in [2.24, 2.45) is 0 Å². The molecule has 1 aromatic carbocycles. The fourth-order valence-corrected chi connectivity index (χ4v) is 3.00. The van der Waals surface area contributed by atoms with E-state index in [-0.39, 0.29) is 24.1 Å². The van der Waals surface area contributed by atoms with Crippen molar-refractivity contribution >= 4 is 16.9 Å². The van der Waals surface area contributed by atoms with Crippen molar-refractivity contribution < 1.29 is 31.5 Å². The first-order valence-corrected chi connectivity index (χ1v) is 7.83. The van der Waals surface area contributed by atoms with Crippen LogP contribution in [0.1, 0.15) is 42.3 Å². The third-order valence-electron chi connectivity index (χ3n) is 4.04. The highest BCUT2D eigenvalue weighted by atomic mass is 35.5. The van der Waals surface area contributed by atoms with Crippen molar-refractivity contribution in [1.29, 1.82) is 0 Å². The van der Waals surface area contributed by atoms with Gasteiger partial charge < -0.3 is 26.7 Å². The number of ether oxygens (including phenoxy) is 1. The second-order valence-electron chi connectivity index (χ2n) is 5.64. The van der Waals surface area contributed by atoms with Crippen LogP contribution in [0.2, 0.25) is 0 Å². The predicted molar refractivity (Wildman–Crippen MR) is 83.0 cm³/mol. The van der Waals surface area contributed by atoms with Crippen LogP contribution in [0.15, 0.2) is 22.6 Å². The molecule has 0 radical (unpaired) electrons. The number of furan rings is 1. The van der Waals surface area contributed by atoms with Gasteiger partial charge in [0.15, 0.2) is 0 Å². The maximum Gasteiger partial charge on any atom is 0.342 e. The molecule has 2 heterocycles. The quantitative estimate of drug-likeness (QED) is 0.813. The minimum atomic E-state index is -0.390. The van der Waals surface area contributed by atoms with Gasteiger partial charge in [-0.25, -0.2) is 4.79 Å². The lowest BCUT2D eigenvalue weighted by atomic mass is 10.1. The Hall–Kier alpha value is -1.72. The molecule has 3 rings (SSSR count). The zero-order valence-corrected chi connectivity index (χ0v) is 13.9. The lowest BCUT2D eigenvalue weighted by Gasteiger charge is -2.25. The number of esters is 1. The number of halogens is 1. The van der Waals surface area contributed by atoms with Gasteiger partial charge in [0.05, 0.1) is 13.2 Å². The molecule has 1 aliphatic heterocycles. The first-order chi connectivity index (χ1) is 10.7. The third-order valence-corrected chi connectivity index (χ3v) is 4.04. The van der Waals surface area contributed by atoms with E-state index >= 15 is 0 Å². The highest BCUT2D eigenvalue weighted by Gasteiger charge is 2.24. The molecule has 0 unspecified atom stereocenters. The summed E-state index contributed by atoms with van der Waals surface area (Å²) >= 11 is 0. The number of aromatic hydroxyl groups is 1. The Morgan fingerprint density at radius 1 is 1.30 bits per heavy atom. The molecule has 0 saturated carbocycles. The molecule has 0 bridgehead atoms. The molecule has 6 heteroatoms. The van der Waals surface area contributed by atoms with Crippen molar-refractivity contribution in [3.05, 3.63) is 29.5 Å². The van der Waals surface area contributed by atoms with Gasteiger partial charge in [-0.2, -0.15) is 0 Å². The summed E-state index contributed by atoms with van der Waals surface area (Å²) in [5.74, 6) is 0.350. The second kappa shape index (κ2) is 7.70. The van der Waals surface area contributed by atoms with Crippen molar-refractivity contribution in [2.45, 2.75) is 32.7 Å². The van der Waals surface area contributed by atoms with Crippen LogP contribution in [0.3, 0.4) is 0 Å². The maximum atomic E-state index is 12.3. The standard InChI is InChI=1S/C17H21NO4.ClH/c1-2-21-17(20)16-13-10-12(19)6-7-14(13)22-15(16)11-18-8-4-3-5-9-18;/h6-7,10,19H,2-5,8-9,11H2,1H3;1H/p-1. The van der Waals surface area contributed by atoms with E-state index in [9.17, 15) is 9.90 Å². The van der Waals surface area contributed by atoms with Crippen LogP contribution >= 0.6 is 0 Å². The zero-order valence-electron chi connectivity index (χ0n) is 13.2. The number of carbonyl (C=O) groups excluding carboxylic acids is 1. The summed E-state index contributed by atoms with van der Waals surface area (Å²) in [5, 5.41) is 10.3. The van der Waals surface area contributed by atoms with Crippen molar-refractivity contribution in [3.63, 3.8) is 0 Å². The molecule has 23 heavy (non-hydrogen) atoms. The highest BCUT2D eigenvalue weighted by molar-refractivity contribution is 6.04. The number of fused-ring (bicyclic) bond motifs is 1. The predicted octanol–water partition coefficient (Wildman–Crippen LogP) is 0.305. The Labute approximate surface area is 141 Å². The summed E-state index contributed by atoms with van der Waals surface area (Å²) in [6.45, 7) is 4.73. The van der Waals surface area contributed by atoms with Crippen LogP contribution in [-0.2, 0) is 11.3 Å². The van der Waals surface area contributed by atoms with Gasteiger partial charge in [-0.05, 0) is 51.1 Å². The van der Waals surface area contributed by atoms with Crippen molar-refractivity contribution in [3.8, 4) is 5.75 Å². The Morgan fingerprint density at radius 2 is 2.04 bits per heavy atom. The van der Waals surface area contributed by atoms with E-state index in [1.807, 2.05) is 0 Å². The Kier molecular flexibility index (Phi) is 5.91. The topological polar surface area (TPSA) is 62.9 Å². The molecule has 0 amide bonds. The number of phenols is 1. The van der Waals surface area contributed by atoms with Gasteiger partial charge in [0.25, 0.3) is 0 Å². The van der Waals surface area contributed by atoms with E-state index in [2.05, 4.69) is 4.90 Å². The van der Waals surface area contributed by atoms with Gasteiger partial charge >= 0.3 is 5.97 Å². The molecule has 2 aromatic rings. The number of piperidine rings is 1.